The summed E-state index contributed by atoms with van der Waals surface area (Å²) in [4.78, 5) is 14.7. The van der Waals surface area contributed by atoms with E-state index in [9.17, 15) is 18.0 Å². The van der Waals surface area contributed by atoms with Crippen molar-refractivity contribution in [3.05, 3.63) is 0 Å². The lowest BCUT2D eigenvalue weighted by Gasteiger charge is -2.34. The van der Waals surface area contributed by atoms with Crippen molar-refractivity contribution in [1.82, 2.24) is 9.80 Å². The molecule has 1 aliphatic rings. The molecule has 0 aromatic carbocycles. The molecular formula is C9H14BrF3N2O. The highest BCUT2D eigenvalue weighted by atomic mass is 79.9. The first kappa shape index (κ1) is 13.8. The Bertz CT molecular complexity index is 239. The largest absolute Gasteiger partial charge is 0.397 e. The van der Waals surface area contributed by atoms with Crippen molar-refractivity contribution >= 4 is 21.8 Å². The summed E-state index contributed by atoms with van der Waals surface area (Å²) in [6.45, 7) is 2.94. The summed E-state index contributed by atoms with van der Waals surface area (Å²) in [5.41, 5.74) is 0. The zero-order valence-electron chi connectivity index (χ0n) is 8.76. The van der Waals surface area contributed by atoms with E-state index >= 15 is 0 Å². The Morgan fingerprint density at radius 1 is 1.19 bits per heavy atom. The summed E-state index contributed by atoms with van der Waals surface area (Å²) in [6.07, 6.45) is -5.74. The number of carbonyl (C=O) groups is 1. The van der Waals surface area contributed by atoms with Gasteiger partial charge in [-0.15, -0.1) is 0 Å². The molecule has 7 heteroatoms. The number of alkyl halides is 4. The first-order valence-corrected chi connectivity index (χ1v) is 6.17. The molecule has 94 valence electrons. The van der Waals surface area contributed by atoms with Gasteiger partial charge in [0.05, 0.1) is 0 Å². The summed E-state index contributed by atoms with van der Waals surface area (Å²) < 4.78 is 36.0. The van der Waals surface area contributed by atoms with Crippen LogP contribution in [0.5, 0.6) is 0 Å². The van der Waals surface area contributed by atoms with Crippen molar-refractivity contribution in [3.8, 4) is 0 Å². The maximum Gasteiger partial charge on any atom is 0.397 e. The zero-order valence-corrected chi connectivity index (χ0v) is 10.4. The predicted molar refractivity (Wildman–Crippen MR) is 57.5 cm³/mol. The highest BCUT2D eigenvalue weighted by molar-refractivity contribution is 9.09. The van der Waals surface area contributed by atoms with Crippen LogP contribution in [0, 0.1) is 0 Å². The lowest BCUT2D eigenvalue weighted by atomic mass is 10.2. The van der Waals surface area contributed by atoms with E-state index in [1.807, 2.05) is 0 Å². The van der Waals surface area contributed by atoms with Gasteiger partial charge in [-0.05, 0) is 0 Å². The van der Waals surface area contributed by atoms with Crippen LogP contribution in [0.2, 0.25) is 0 Å². The van der Waals surface area contributed by atoms with Gasteiger partial charge < -0.3 is 4.90 Å². The third-order valence-corrected chi connectivity index (χ3v) is 2.83. The molecule has 0 bridgehead atoms. The quantitative estimate of drug-likeness (QED) is 0.737. The summed E-state index contributed by atoms with van der Waals surface area (Å²) >= 11 is 3.30. The van der Waals surface area contributed by atoms with E-state index in [0.717, 1.165) is 11.9 Å². The van der Waals surface area contributed by atoms with Gasteiger partial charge in [0.15, 0.2) is 0 Å². The van der Waals surface area contributed by atoms with E-state index in [-0.39, 0.29) is 0 Å². The molecule has 1 saturated heterocycles. The summed E-state index contributed by atoms with van der Waals surface area (Å²) in [5, 5.41) is 0.837. The number of amides is 1. The van der Waals surface area contributed by atoms with Crippen LogP contribution in [0.4, 0.5) is 13.2 Å². The second-order valence-electron chi connectivity index (χ2n) is 3.70. The minimum atomic E-state index is -4.40. The maximum atomic E-state index is 12.0. The van der Waals surface area contributed by atoms with Crippen LogP contribution < -0.4 is 0 Å². The van der Waals surface area contributed by atoms with Crippen LogP contribution in [0.15, 0.2) is 0 Å². The number of piperazine rings is 1. The molecule has 0 N–H and O–H groups in total. The molecule has 1 aliphatic heterocycles. The fourth-order valence-electron chi connectivity index (χ4n) is 1.62. The number of nitrogens with zero attached hydrogens (tertiary/aromatic N) is 2. The van der Waals surface area contributed by atoms with Gasteiger partial charge in [-0.3, -0.25) is 9.69 Å². The average molecular weight is 303 g/mol. The standard InChI is InChI=1S/C9H14BrF3N2O/c10-1-2-14-3-5-15(6-4-14)8(16)7-9(11,12)13/h1-7H2. The topological polar surface area (TPSA) is 23.6 Å². The van der Waals surface area contributed by atoms with E-state index < -0.39 is 18.5 Å². The lowest BCUT2D eigenvalue weighted by molar-refractivity contribution is -0.162. The average Bonchev–Trinajstić information content (AvgIpc) is 2.16. The second kappa shape index (κ2) is 5.86. The molecule has 1 amide bonds. The van der Waals surface area contributed by atoms with Gasteiger partial charge in [0.2, 0.25) is 5.91 Å². The van der Waals surface area contributed by atoms with E-state index in [1.165, 1.54) is 4.90 Å². The molecule has 0 spiro atoms. The molecule has 0 aromatic heterocycles. The van der Waals surface area contributed by atoms with E-state index in [2.05, 4.69) is 20.8 Å². The van der Waals surface area contributed by atoms with Crippen LogP contribution in [0.25, 0.3) is 0 Å². The van der Waals surface area contributed by atoms with E-state index in [0.29, 0.717) is 26.2 Å². The summed E-state index contributed by atoms with van der Waals surface area (Å²) in [5.74, 6) is -0.814. The molecule has 0 aliphatic carbocycles. The number of halogens is 4. The molecule has 3 nitrogen and oxygen atoms in total. The van der Waals surface area contributed by atoms with Crippen LogP contribution in [0.1, 0.15) is 6.42 Å². The van der Waals surface area contributed by atoms with Crippen molar-refractivity contribution in [2.75, 3.05) is 38.1 Å². The predicted octanol–water partition coefficient (Wildman–Crippen LogP) is 1.48. The second-order valence-corrected chi connectivity index (χ2v) is 4.50. The van der Waals surface area contributed by atoms with Gasteiger partial charge in [-0.1, -0.05) is 15.9 Å². The lowest BCUT2D eigenvalue weighted by Crippen LogP contribution is -2.49. The molecule has 0 aromatic rings. The van der Waals surface area contributed by atoms with Crippen LogP contribution in [-0.2, 0) is 4.79 Å². The van der Waals surface area contributed by atoms with Gasteiger partial charge >= 0.3 is 6.18 Å². The van der Waals surface area contributed by atoms with Crippen molar-refractivity contribution in [2.45, 2.75) is 12.6 Å². The number of hydrogen-bond donors (Lipinski definition) is 0. The number of rotatable bonds is 3. The minimum absolute atomic E-state index is 0.391. The van der Waals surface area contributed by atoms with E-state index in [1.54, 1.807) is 0 Å². The summed E-state index contributed by atoms with van der Waals surface area (Å²) in [7, 11) is 0. The number of hydrogen-bond acceptors (Lipinski definition) is 2. The van der Waals surface area contributed by atoms with Crippen molar-refractivity contribution in [3.63, 3.8) is 0 Å². The molecule has 0 unspecified atom stereocenters. The molecular weight excluding hydrogens is 289 g/mol. The minimum Gasteiger partial charge on any atom is -0.340 e. The summed E-state index contributed by atoms with van der Waals surface area (Å²) in [6, 6.07) is 0. The van der Waals surface area contributed by atoms with Crippen molar-refractivity contribution in [2.24, 2.45) is 0 Å². The normalized spacial score (nSPS) is 18.9. The SMILES string of the molecule is O=C(CC(F)(F)F)N1CCN(CCBr)CC1. The van der Waals surface area contributed by atoms with Gasteiger partial charge in [0.1, 0.15) is 6.42 Å². The smallest absolute Gasteiger partial charge is 0.340 e. The Balaban J connectivity index is 2.33. The fraction of sp³-hybridized carbons (Fsp3) is 0.889. The number of carbonyl (C=O) groups excluding carboxylic acids is 1. The zero-order chi connectivity index (χ0) is 12.2. The highest BCUT2D eigenvalue weighted by Gasteiger charge is 2.34. The van der Waals surface area contributed by atoms with Crippen LogP contribution in [0.3, 0.4) is 0 Å². The monoisotopic (exact) mass is 302 g/mol. The molecule has 0 radical (unpaired) electrons. The Labute approximate surface area is 101 Å². The maximum absolute atomic E-state index is 12.0. The third-order valence-electron chi connectivity index (χ3n) is 2.48. The van der Waals surface area contributed by atoms with Crippen LogP contribution in [-0.4, -0.2) is 59.9 Å². The van der Waals surface area contributed by atoms with Crippen molar-refractivity contribution in [1.29, 1.82) is 0 Å². The Kier molecular flexibility index (Phi) is 5.04. The fourth-order valence-corrected chi connectivity index (χ4v) is 2.13. The van der Waals surface area contributed by atoms with Gasteiger partial charge in [0.25, 0.3) is 0 Å². The Hall–Kier alpha value is -0.300. The Morgan fingerprint density at radius 2 is 1.75 bits per heavy atom. The Morgan fingerprint density at radius 3 is 2.19 bits per heavy atom. The molecule has 1 heterocycles. The van der Waals surface area contributed by atoms with E-state index in [4.69, 9.17) is 0 Å². The molecule has 1 fully saturated rings. The van der Waals surface area contributed by atoms with Gasteiger partial charge in [0, 0.05) is 38.1 Å². The first-order valence-electron chi connectivity index (χ1n) is 5.05. The van der Waals surface area contributed by atoms with Gasteiger partial charge in [-0.2, -0.15) is 13.2 Å². The van der Waals surface area contributed by atoms with Crippen LogP contribution >= 0.6 is 15.9 Å². The highest BCUT2D eigenvalue weighted by Crippen LogP contribution is 2.21. The first-order chi connectivity index (χ1) is 7.42. The third kappa shape index (κ3) is 4.69. The molecule has 16 heavy (non-hydrogen) atoms. The van der Waals surface area contributed by atoms with Gasteiger partial charge in [-0.25, -0.2) is 0 Å². The molecule has 1 rings (SSSR count). The molecule has 0 saturated carbocycles. The molecule has 0 atom stereocenters. The van der Waals surface area contributed by atoms with Crippen molar-refractivity contribution < 1.29 is 18.0 Å².